The van der Waals surface area contributed by atoms with Gasteiger partial charge in [0.1, 0.15) is 24.4 Å². The standard InChI is InChI=1S/C15H26O9/c16-4-7-3-10(19)8(9(7)5-17)1-2-23-15-14(22)13(21)12(20)11(6-18)24-15/h8,10-22H,1-6H2. The van der Waals surface area contributed by atoms with Crippen LogP contribution in [0.1, 0.15) is 12.8 Å². The third-order valence-electron chi connectivity index (χ3n) is 4.74. The first-order valence-corrected chi connectivity index (χ1v) is 7.97. The Bertz CT molecular complexity index is 439. The molecule has 0 amide bonds. The molecule has 9 nitrogen and oxygen atoms in total. The number of aliphatic hydroxyl groups excluding tert-OH is 7. The first kappa shape index (κ1) is 19.7. The maximum atomic E-state index is 10.0. The molecule has 0 aromatic heterocycles. The van der Waals surface area contributed by atoms with Crippen LogP contribution in [0.15, 0.2) is 11.1 Å². The van der Waals surface area contributed by atoms with Crippen molar-refractivity contribution in [1.29, 1.82) is 0 Å². The van der Waals surface area contributed by atoms with E-state index in [4.69, 9.17) is 14.6 Å². The molecule has 1 saturated heterocycles. The zero-order valence-electron chi connectivity index (χ0n) is 13.2. The van der Waals surface area contributed by atoms with E-state index >= 15 is 0 Å². The molecule has 140 valence electrons. The molecule has 0 aromatic rings. The van der Waals surface area contributed by atoms with Crippen molar-refractivity contribution < 1.29 is 45.2 Å². The van der Waals surface area contributed by atoms with Crippen LogP contribution in [0.4, 0.5) is 0 Å². The summed E-state index contributed by atoms with van der Waals surface area (Å²) >= 11 is 0. The minimum Gasteiger partial charge on any atom is -0.394 e. The molecule has 9 heteroatoms. The van der Waals surface area contributed by atoms with Crippen molar-refractivity contribution >= 4 is 0 Å². The second kappa shape index (κ2) is 8.65. The summed E-state index contributed by atoms with van der Waals surface area (Å²) in [5.74, 6) is -0.373. The van der Waals surface area contributed by atoms with Crippen LogP contribution < -0.4 is 0 Å². The van der Waals surface area contributed by atoms with Crippen molar-refractivity contribution in [3.8, 4) is 0 Å². The van der Waals surface area contributed by atoms with Gasteiger partial charge >= 0.3 is 0 Å². The second-order valence-corrected chi connectivity index (χ2v) is 6.18. The van der Waals surface area contributed by atoms with E-state index in [0.29, 0.717) is 17.6 Å². The van der Waals surface area contributed by atoms with Crippen molar-refractivity contribution in [2.75, 3.05) is 26.4 Å². The molecule has 0 saturated carbocycles. The molecular weight excluding hydrogens is 324 g/mol. The molecule has 2 aliphatic rings. The average Bonchev–Trinajstić information content (AvgIpc) is 2.90. The predicted molar refractivity (Wildman–Crippen MR) is 79.6 cm³/mol. The SMILES string of the molecule is OCC1=C(CO)C(CCOC2OC(CO)C(O)C(O)C2O)C(O)C1. The van der Waals surface area contributed by atoms with E-state index in [-0.39, 0.29) is 32.2 Å². The van der Waals surface area contributed by atoms with E-state index in [1.54, 1.807) is 0 Å². The molecule has 7 N–H and O–H groups in total. The lowest BCUT2D eigenvalue weighted by Crippen LogP contribution is -2.59. The quantitative estimate of drug-likeness (QED) is 0.235. The Hall–Kier alpha value is -0.620. The van der Waals surface area contributed by atoms with E-state index in [1.165, 1.54) is 0 Å². The monoisotopic (exact) mass is 350 g/mol. The highest BCUT2D eigenvalue weighted by molar-refractivity contribution is 5.26. The molecule has 0 spiro atoms. The number of hydrogen-bond acceptors (Lipinski definition) is 9. The van der Waals surface area contributed by atoms with Crippen LogP contribution in [0.25, 0.3) is 0 Å². The van der Waals surface area contributed by atoms with E-state index in [9.17, 15) is 30.6 Å². The van der Waals surface area contributed by atoms with Crippen molar-refractivity contribution in [3.05, 3.63) is 11.1 Å². The number of rotatable bonds is 7. The van der Waals surface area contributed by atoms with Crippen LogP contribution in [0, 0.1) is 5.92 Å². The molecule has 2 rings (SSSR count). The number of aliphatic hydroxyl groups is 7. The molecule has 24 heavy (non-hydrogen) atoms. The molecule has 0 bridgehead atoms. The molecule has 1 heterocycles. The van der Waals surface area contributed by atoms with Crippen LogP contribution in [-0.2, 0) is 9.47 Å². The molecule has 1 aliphatic heterocycles. The van der Waals surface area contributed by atoms with Crippen LogP contribution in [0.2, 0.25) is 0 Å². The smallest absolute Gasteiger partial charge is 0.186 e. The van der Waals surface area contributed by atoms with Crippen LogP contribution in [0.5, 0.6) is 0 Å². The Kier molecular flexibility index (Phi) is 7.10. The van der Waals surface area contributed by atoms with E-state index < -0.39 is 43.4 Å². The van der Waals surface area contributed by atoms with Crippen molar-refractivity contribution in [2.24, 2.45) is 5.92 Å². The summed E-state index contributed by atoms with van der Waals surface area (Å²) < 4.78 is 10.6. The van der Waals surface area contributed by atoms with Gasteiger partial charge in [-0.3, -0.25) is 0 Å². The summed E-state index contributed by atoms with van der Waals surface area (Å²) in [6.07, 6.45) is -6.82. The third kappa shape index (κ3) is 3.96. The van der Waals surface area contributed by atoms with E-state index in [1.807, 2.05) is 0 Å². The van der Waals surface area contributed by atoms with Gasteiger partial charge in [0.05, 0.1) is 32.5 Å². The van der Waals surface area contributed by atoms with Gasteiger partial charge in [-0.25, -0.2) is 0 Å². The zero-order valence-corrected chi connectivity index (χ0v) is 13.2. The molecule has 1 aliphatic carbocycles. The van der Waals surface area contributed by atoms with Crippen molar-refractivity contribution in [3.63, 3.8) is 0 Å². The summed E-state index contributed by atoms with van der Waals surface area (Å²) in [5, 5.41) is 67.0. The van der Waals surface area contributed by atoms with Gasteiger partial charge in [0.15, 0.2) is 6.29 Å². The highest BCUT2D eigenvalue weighted by Gasteiger charge is 2.44. The Balaban J connectivity index is 1.90. The van der Waals surface area contributed by atoms with Gasteiger partial charge in [-0.2, -0.15) is 0 Å². The Morgan fingerprint density at radius 1 is 0.958 bits per heavy atom. The van der Waals surface area contributed by atoms with Gasteiger partial charge in [0, 0.05) is 5.92 Å². The fourth-order valence-corrected chi connectivity index (χ4v) is 3.30. The third-order valence-corrected chi connectivity index (χ3v) is 4.74. The van der Waals surface area contributed by atoms with Crippen LogP contribution >= 0.6 is 0 Å². The van der Waals surface area contributed by atoms with Gasteiger partial charge in [-0.15, -0.1) is 0 Å². The Labute approximate surface area is 139 Å². The lowest BCUT2D eigenvalue weighted by Gasteiger charge is -2.39. The topological polar surface area (TPSA) is 160 Å². The summed E-state index contributed by atoms with van der Waals surface area (Å²) in [6.45, 7) is -0.981. The molecule has 7 atom stereocenters. The second-order valence-electron chi connectivity index (χ2n) is 6.18. The van der Waals surface area contributed by atoms with Crippen LogP contribution in [0.3, 0.4) is 0 Å². The minimum absolute atomic E-state index is 0.0482. The summed E-state index contributed by atoms with van der Waals surface area (Å²) in [6, 6.07) is 0. The first-order valence-electron chi connectivity index (χ1n) is 7.97. The van der Waals surface area contributed by atoms with Crippen LogP contribution in [-0.4, -0.2) is 99.0 Å². The maximum absolute atomic E-state index is 10.0. The maximum Gasteiger partial charge on any atom is 0.186 e. The molecule has 7 unspecified atom stereocenters. The highest BCUT2D eigenvalue weighted by atomic mass is 16.7. The van der Waals surface area contributed by atoms with Gasteiger partial charge in [-0.05, 0) is 24.0 Å². The Morgan fingerprint density at radius 2 is 1.67 bits per heavy atom. The molecular formula is C15H26O9. The molecule has 0 aromatic carbocycles. The van der Waals surface area contributed by atoms with Gasteiger partial charge in [0.25, 0.3) is 0 Å². The predicted octanol–water partition coefficient (Wildman–Crippen LogP) is -3.14. The highest BCUT2D eigenvalue weighted by Crippen LogP contribution is 2.34. The fraction of sp³-hybridized carbons (Fsp3) is 0.867. The van der Waals surface area contributed by atoms with Crippen molar-refractivity contribution in [2.45, 2.75) is 49.7 Å². The summed E-state index contributed by atoms with van der Waals surface area (Å²) in [7, 11) is 0. The van der Waals surface area contributed by atoms with Gasteiger partial charge in [0.2, 0.25) is 0 Å². The normalized spacial score (nSPS) is 40.4. The summed E-state index contributed by atoms with van der Waals surface area (Å²) in [5.41, 5.74) is 1.20. The average molecular weight is 350 g/mol. The largest absolute Gasteiger partial charge is 0.394 e. The minimum atomic E-state index is -1.51. The first-order chi connectivity index (χ1) is 11.4. The zero-order chi connectivity index (χ0) is 17.9. The van der Waals surface area contributed by atoms with Crippen molar-refractivity contribution in [1.82, 2.24) is 0 Å². The fourth-order valence-electron chi connectivity index (χ4n) is 3.30. The Morgan fingerprint density at radius 3 is 2.25 bits per heavy atom. The number of ether oxygens (including phenoxy) is 2. The van der Waals surface area contributed by atoms with E-state index in [0.717, 1.165) is 0 Å². The number of hydrogen-bond donors (Lipinski definition) is 7. The molecule has 0 radical (unpaired) electrons. The lowest BCUT2D eigenvalue weighted by molar-refractivity contribution is -0.301. The van der Waals surface area contributed by atoms with Gasteiger partial charge in [-0.1, -0.05) is 0 Å². The lowest BCUT2D eigenvalue weighted by atomic mass is 9.96. The van der Waals surface area contributed by atoms with E-state index in [2.05, 4.69) is 0 Å². The van der Waals surface area contributed by atoms with Gasteiger partial charge < -0.3 is 45.2 Å². The molecule has 1 fully saturated rings. The summed E-state index contributed by atoms with van der Waals surface area (Å²) in [4.78, 5) is 0.